The van der Waals surface area contributed by atoms with Crippen LogP contribution < -0.4 is 0 Å². The third-order valence-corrected chi connectivity index (χ3v) is 5.53. The summed E-state index contributed by atoms with van der Waals surface area (Å²) in [6, 6.07) is 4.38. The first kappa shape index (κ1) is 17.3. The van der Waals surface area contributed by atoms with Gasteiger partial charge in [-0.25, -0.2) is 8.78 Å². The van der Waals surface area contributed by atoms with E-state index in [1.165, 1.54) is 25.3 Å². The maximum atomic E-state index is 13.3. The fourth-order valence-corrected chi connectivity index (χ4v) is 4.18. The molecule has 3 rings (SSSR count). The van der Waals surface area contributed by atoms with Gasteiger partial charge in [-0.3, -0.25) is 9.69 Å². The van der Waals surface area contributed by atoms with Crippen molar-refractivity contribution >= 4 is 5.91 Å². The zero-order chi connectivity index (χ0) is 17.1. The van der Waals surface area contributed by atoms with E-state index < -0.39 is 11.6 Å². The van der Waals surface area contributed by atoms with E-state index in [-0.39, 0.29) is 18.4 Å². The Kier molecular flexibility index (Phi) is 5.49. The third kappa shape index (κ3) is 3.77. The van der Waals surface area contributed by atoms with E-state index in [0.29, 0.717) is 11.6 Å². The predicted octanol–water partition coefficient (Wildman–Crippen LogP) is 3.37. The number of amides is 1. The van der Waals surface area contributed by atoms with Crippen molar-refractivity contribution in [2.45, 2.75) is 57.0 Å². The number of rotatable bonds is 4. The average Bonchev–Trinajstić information content (AvgIpc) is 3.12. The zero-order valence-electron chi connectivity index (χ0n) is 14.3. The smallest absolute Gasteiger partial charge is 0.227 e. The summed E-state index contributed by atoms with van der Waals surface area (Å²) in [5, 5.41) is 0. The second kappa shape index (κ2) is 7.60. The summed E-state index contributed by atoms with van der Waals surface area (Å²) in [6.07, 6.45) is 7.16. The number of benzene rings is 1. The lowest BCUT2D eigenvalue weighted by Crippen LogP contribution is -2.53. The van der Waals surface area contributed by atoms with Crippen LogP contribution in [0.2, 0.25) is 0 Å². The van der Waals surface area contributed by atoms with Gasteiger partial charge in [-0.1, -0.05) is 18.9 Å². The number of carbonyl (C=O) groups is 1. The first-order valence-electron chi connectivity index (χ1n) is 9.00. The maximum Gasteiger partial charge on any atom is 0.227 e. The van der Waals surface area contributed by atoms with Crippen LogP contribution in [0.4, 0.5) is 8.78 Å². The molecular weight excluding hydrogens is 310 g/mol. The van der Waals surface area contributed by atoms with Crippen LogP contribution in [0.5, 0.6) is 0 Å². The second-order valence-corrected chi connectivity index (χ2v) is 7.09. The van der Waals surface area contributed by atoms with E-state index in [1.54, 1.807) is 0 Å². The largest absolute Gasteiger partial charge is 0.341 e. The molecule has 1 aliphatic heterocycles. The Hall–Kier alpha value is -1.49. The van der Waals surface area contributed by atoms with Gasteiger partial charge in [0.2, 0.25) is 5.91 Å². The van der Waals surface area contributed by atoms with Crippen molar-refractivity contribution in [3.8, 4) is 0 Å². The molecule has 1 amide bonds. The van der Waals surface area contributed by atoms with Crippen molar-refractivity contribution in [2.75, 3.05) is 20.1 Å². The minimum atomic E-state index is -0.893. The molecule has 0 N–H and O–H groups in total. The normalized spacial score (nSPS) is 25.0. The first-order chi connectivity index (χ1) is 11.6. The number of likely N-dealkylation sites (tertiary alicyclic amines) is 1. The molecule has 1 saturated carbocycles. The Morgan fingerprint density at radius 3 is 2.54 bits per heavy atom. The molecule has 3 nitrogen and oxygen atoms in total. The van der Waals surface area contributed by atoms with Crippen molar-refractivity contribution in [2.24, 2.45) is 0 Å². The molecule has 2 unspecified atom stereocenters. The van der Waals surface area contributed by atoms with Gasteiger partial charge in [0.25, 0.3) is 0 Å². The van der Waals surface area contributed by atoms with Crippen LogP contribution in [0.25, 0.3) is 0 Å². The Balaban J connectivity index is 1.67. The monoisotopic (exact) mass is 336 g/mol. The van der Waals surface area contributed by atoms with Crippen molar-refractivity contribution in [1.82, 2.24) is 9.80 Å². The van der Waals surface area contributed by atoms with E-state index in [2.05, 4.69) is 4.90 Å². The van der Waals surface area contributed by atoms with Crippen LogP contribution in [0, 0.1) is 11.6 Å². The Labute approximate surface area is 142 Å². The molecule has 132 valence electrons. The van der Waals surface area contributed by atoms with Gasteiger partial charge in [0.1, 0.15) is 0 Å². The van der Waals surface area contributed by atoms with Gasteiger partial charge in [0.15, 0.2) is 11.6 Å². The van der Waals surface area contributed by atoms with Gasteiger partial charge in [-0.15, -0.1) is 0 Å². The van der Waals surface area contributed by atoms with Crippen LogP contribution in [-0.2, 0) is 11.2 Å². The van der Waals surface area contributed by atoms with Gasteiger partial charge in [-0.2, -0.15) is 0 Å². The number of nitrogens with zero attached hydrogens (tertiary/aromatic N) is 2. The number of hydrogen-bond donors (Lipinski definition) is 0. The van der Waals surface area contributed by atoms with Gasteiger partial charge in [-0.05, 0) is 56.5 Å². The Morgan fingerprint density at radius 2 is 1.83 bits per heavy atom. The molecule has 1 aromatic carbocycles. The van der Waals surface area contributed by atoms with Crippen LogP contribution in [-0.4, -0.2) is 47.9 Å². The molecule has 1 aromatic rings. The fourth-order valence-electron chi connectivity index (χ4n) is 4.18. The summed E-state index contributed by atoms with van der Waals surface area (Å²) in [4.78, 5) is 17.0. The van der Waals surface area contributed by atoms with Crippen molar-refractivity contribution in [3.05, 3.63) is 35.4 Å². The standard InChI is InChI=1S/C19H26F2N2O/c1-22(19(24)13-14-8-9-15(20)16(21)12-14)17-6-2-3-7-18(17)23-10-4-5-11-23/h8-9,12,17-18H,2-7,10-11,13H2,1H3. The number of carbonyl (C=O) groups excluding carboxylic acids is 1. The Bertz CT molecular complexity index is 587. The van der Waals surface area contributed by atoms with E-state index in [1.807, 2.05) is 11.9 Å². The molecule has 1 saturated heterocycles. The lowest BCUT2D eigenvalue weighted by Gasteiger charge is -2.42. The second-order valence-electron chi connectivity index (χ2n) is 7.09. The average molecular weight is 336 g/mol. The molecule has 5 heteroatoms. The number of likely N-dealkylation sites (N-methyl/N-ethyl adjacent to an activating group) is 1. The summed E-state index contributed by atoms with van der Waals surface area (Å²) >= 11 is 0. The molecule has 1 aliphatic carbocycles. The highest BCUT2D eigenvalue weighted by Crippen LogP contribution is 2.29. The maximum absolute atomic E-state index is 13.3. The van der Waals surface area contributed by atoms with Gasteiger partial charge >= 0.3 is 0 Å². The predicted molar refractivity (Wildman–Crippen MR) is 89.7 cm³/mol. The molecule has 0 bridgehead atoms. The summed E-state index contributed by atoms with van der Waals surface area (Å²) in [5.74, 6) is -1.78. The molecule has 2 aliphatic rings. The van der Waals surface area contributed by atoms with Gasteiger partial charge in [0, 0.05) is 19.1 Å². The third-order valence-electron chi connectivity index (χ3n) is 5.53. The highest BCUT2D eigenvalue weighted by molar-refractivity contribution is 5.79. The lowest BCUT2D eigenvalue weighted by molar-refractivity contribution is -0.133. The van der Waals surface area contributed by atoms with E-state index in [0.717, 1.165) is 44.5 Å². The molecule has 1 heterocycles. The van der Waals surface area contributed by atoms with Crippen LogP contribution >= 0.6 is 0 Å². The summed E-state index contributed by atoms with van der Waals surface area (Å²) in [7, 11) is 1.86. The van der Waals surface area contributed by atoms with Crippen LogP contribution in [0.1, 0.15) is 44.1 Å². The molecule has 24 heavy (non-hydrogen) atoms. The SMILES string of the molecule is CN(C(=O)Cc1ccc(F)c(F)c1)C1CCCCC1N1CCCC1. The summed E-state index contributed by atoms with van der Waals surface area (Å²) in [6.45, 7) is 2.26. The van der Waals surface area contributed by atoms with Crippen molar-refractivity contribution in [1.29, 1.82) is 0 Å². The van der Waals surface area contributed by atoms with E-state index in [4.69, 9.17) is 0 Å². The van der Waals surface area contributed by atoms with Crippen LogP contribution in [0.3, 0.4) is 0 Å². The molecular formula is C19H26F2N2O. The Morgan fingerprint density at radius 1 is 1.12 bits per heavy atom. The van der Waals surface area contributed by atoms with Gasteiger partial charge in [0.05, 0.1) is 6.42 Å². The molecule has 2 atom stereocenters. The molecule has 2 fully saturated rings. The van der Waals surface area contributed by atoms with Crippen molar-refractivity contribution < 1.29 is 13.6 Å². The summed E-state index contributed by atoms with van der Waals surface area (Å²) in [5.41, 5.74) is 0.527. The number of halogens is 2. The quantitative estimate of drug-likeness (QED) is 0.842. The summed E-state index contributed by atoms with van der Waals surface area (Å²) < 4.78 is 26.4. The van der Waals surface area contributed by atoms with E-state index >= 15 is 0 Å². The minimum absolute atomic E-state index is 0.0166. The topological polar surface area (TPSA) is 23.6 Å². The molecule has 0 aromatic heterocycles. The highest BCUT2D eigenvalue weighted by atomic mass is 19.2. The van der Waals surface area contributed by atoms with Crippen LogP contribution in [0.15, 0.2) is 18.2 Å². The highest BCUT2D eigenvalue weighted by Gasteiger charge is 2.35. The van der Waals surface area contributed by atoms with Crippen molar-refractivity contribution in [3.63, 3.8) is 0 Å². The van der Waals surface area contributed by atoms with E-state index in [9.17, 15) is 13.6 Å². The zero-order valence-corrected chi connectivity index (χ0v) is 14.3. The molecule has 0 spiro atoms. The fraction of sp³-hybridized carbons (Fsp3) is 0.632. The number of hydrogen-bond acceptors (Lipinski definition) is 2. The van der Waals surface area contributed by atoms with Gasteiger partial charge < -0.3 is 4.90 Å². The first-order valence-corrected chi connectivity index (χ1v) is 9.00. The minimum Gasteiger partial charge on any atom is -0.341 e. The lowest BCUT2D eigenvalue weighted by atomic mass is 9.88. The molecule has 0 radical (unpaired) electrons.